The zero-order chi connectivity index (χ0) is 31.1. The van der Waals surface area contributed by atoms with Gasteiger partial charge in [-0.1, -0.05) is 6.58 Å². The number of halogens is 1. The lowest BCUT2D eigenvalue weighted by atomic mass is 9.99. The standard InChI is InChI=1S/C33H32FN7O4/c1-4-31(42)41-20-6-7-21(41)13-23(12-20)45-29-15-24-26(16-28(29)43-5-2)35-17-37-33(24)39-25-8-9-27(19(3)32(25)34)44-22-10-11-40-30(14-22)36-18-38-40/h4,8-11,14-18,20-21,23H,1,5-7,12-13H2,2-3H3,(H,35,37,39)/t20-,21+,23?. The largest absolute Gasteiger partial charge is 0.490 e. The van der Waals surface area contributed by atoms with Gasteiger partial charge >= 0.3 is 0 Å². The SMILES string of the molecule is C=CC(=O)N1[C@@H]2CC[C@H]1CC(Oc1cc3c(Nc4ccc(Oc5ccn6ncnc6c5)c(C)c4F)ncnc3cc1OCC)C2. The van der Waals surface area contributed by atoms with E-state index in [1.165, 1.54) is 18.7 Å². The highest BCUT2D eigenvalue weighted by Gasteiger charge is 2.43. The Morgan fingerprint density at radius 3 is 2.67 bits per heavy atom. The van der Waals surface area contributed by atoms with Crippen LogP contribution >= 0.6 is 0 Å². The summed E-state index contributed by atoms with van der Waals surface area (Å²) >= 11 is 0. The Kier molecular flexibility index (Phi) is 7.40. The molecule has 2 aliphatic rings. The molecule has 0 radical (unpaired) electrons. The number of rotatable bonds is 9. The van der Waals surface area contributed by atoms with E-state index in [1.807, 2.05) is 24.0 Å². The number of fused-ring (bicyclic) bond motifs is 4. The van der Waals surface area contributed by atoms with Crippen LogP contribution in [0.5, 0.6) is 23.0 Å². The van der Waals surface area contributed by atoms with Crippen LogP contribution in [0.1, 0.15) is 38.2 Å². The second-order valence-corrected chi connectivity index (χ2v) is 11.2. The Balaban J connectivity index is 1.15. The molecule has 2 saturated heterocycles. The van der Waals surface area contributed by atoms with E-state index >= 15 is 4.39 Å². The Hall–Kier alpha value is -5.26. The van der Waals surface area contributed by atoms with Crippen molar-refractivity contribution in [1.82, 2.24) is 29.5 Å². The Morgan fingerprint density at radius 2 is 1.89 bits per heavy atom. The van der Waals surface area contributed by atoms with Crippen molar-refractivity contribution >= 4 is 34.0 Å². The van der Waals surface area contributed by atoms with Gasteiger partial charge in [0.25, 0.3) is 0 Å². The number of hydrogen-bond acceptors (Lipinski definition) is 9. The molecule has 0 saturated carbocycles. The van der Waals surface area contributed by atoms with Crippen LogP contribution < -0.4 is 19.5 Å². The average molecular weight is 610 g/mol. The normalized spacial score (nSPS) is 19.1. The second kappa shape index (κ2) is 11.7. The summed E-state index contributed by atoms with van der Waals surface area (Å²) in [4.78, 5) is 27.4. The van der Waals surface area contributed by atoms with Gasteiger partial charge in [-0.2, -0.15) is 5.10 Å². The van der Waals surface area contributed by atoms with E-state index < -0.39 is 5.82 Å². The number of hydrogen-bond donors (Lipinski definition) is 1. The number of benzene rings is 2. The second-order valence-electron chi connectivity index (χ2n) is 11.2. The van der Waals surface area contributed by atoms with Gasteiger partial charge in [-0.3, -0.25) is 4.79 Å². The predicted octanol–water partition coefficient (Wildman–Crippen LogP) is 6.14. The first kappa shape index (κ1) is 28.5. The summed E-state index contributed by atoms with van der Waals surface area (Å²) in [5.41, 5.74) is 1.81. The van der Waals surface area contributed by atoms with Crippen molar-refractivity contribution in [3.63, 3.8) is 0 Å². The Morgan fingerprint density at radius 1 is 1.07 bits per heavy atom. The zero-order valence-corrected chi connectivity index (χ0v) is 24.9. The van der Waals surface area contributed by atoms with Gasteiger partial charge in [0.15, 0.2) is 23.0 Å². The molecule has 1 unspecified atom stereocenters. The maximum absolute atomic E-state index is 15.7. The third kappa shape index (κ3) is 5.36. The summed E-state index contributed by atoms with van der Waals surface area (Å²) in [6, 6.07) is 10.7. The average Bonchev–Trinajstić information content (AvgIpc) is 3.62. The van der Waals surface area contributed by atoms with Crippen LogP contribution in [-0.2, 0) is 4.79 Å². The number of nitrogens with one attached hydrogen (secondary N) is 1. The van der Waals surface area contributed by atoms with Crippen molar-refractivity contribution in [1.29, 1.82) is 0 Å². The smallest absolute Gasteiger partial charge is 0.246 e. The summed E-state index contributed by atoms with van der Waals surface area (Å²) in [6.45, 7) is 7.68. The van der Waals surface area contributed by atoms with Crippen molar-refractivity contribution in [2.75, 3.05) is 11.9 Å². The number of aromatic nitrogens is 5. The number of piperidine rings is 1. The summed E-state index contributed by atoms with van der Waals surface area (Å²) < 4.78 is 35.8. The Labute approximate surface area is 258 Å². The molecule has 2 fully saturated rings. The van der Waals surface area contributed by atoms with Crippen LogP contribution in [0.3, 0.4) is 0 Å². The fraction of sp³-hybridized carbons (Fsp3) is 0.303. The Bertz CT molecular complexity index is 1910. The van der Waals surface area contributed by atoms with E-state index in [2.05, 4.69) is 31.9 Å². The molecule has 3 aromatic heterocycles. The molecule has 230 valence electrons. The van der Waals surface area contributed by atoms with Crippen molar-refractivity contribution in [3.8, 4) is 23.0 Å². The quantitative estimate of drug-likeness (QED) is 0.197. The first-order valence-electron chi connectivity index (χ1n) is 15.0. The first-order valence-corrected chi connectivity index (χ1v) is 15.0. The van der Waals surface area contributed by atoms with Crippen LogP contribution in [-0.4, -0.2) is 60.2 Å². The highest BCUT2D eigenvalue weighted by molar-refractivity contribution is 5.93. The minimum atomic E-state index is -0.471. The zero-order valence-electron chi connectivity index (χ0n) is 24.9. The van der Waals surface area contributed by atoms with Gasteiger partial charge in [-0.25, -0.2) is 23.9 Å². The van der Waals surface area contributed by atoms with Crippen molar-refractivity contribution in [2.45, 2.75) is 57.7 Å². The number of nitrogens with zero attached hydrogens (tertiary/aromatic N) is 6. The van der Waals surface area contributed by atoms with E-state index in [-0.39, 0.29) is 29.8 Å². The van der Waals surface area contributed by atoms with E-state index in [4.69, 9.17) is 14.2 Å². The van der Waals surface area contributed by atoms with Crippen molar-refractivity contribution in [2.24, 2.45) is 0 Å². The summed E-state index contributed by atoms with van der Waals surface area (Å²) in [7, 11) is 0. The topological polar surface area (TPSA) is 116 Å². The van der Waals surface area contributed by atoms with E-state index in [0.29, 0.717) is 57.5 Å². The molecule has 0 aliphatic carbocycles. The molecule has 2 aliphatic heterocycles. The van der Waals surface area contributed by atoms with Crippen molar-refractivity contribution in [3.05, 3.63) is 79.3 Å². The van der Waals surface area contributed by atoms with Gasteiger partial charge in [0.05, 0.1) is 17.8 Å². The minimum absolute atomic E-state index is 0.0232. The molecule has 11 nitrogen and oxygen atoms in total. The number of ether oxygens (including phenoxy) is 3. The van der Waals surface area contributed by atoms with Gasteiger partial charge in [-0.15, -0.1) is 0 Å². The molecule has 2 bridgehead atoms. The number of amides is 1. The highest BCUT2D eigenvalue weighted by atomic mass is 19.1. The number of carbonyl (C=O) groups excluding carboxylic acids is 1. The van der Waals surface area contributed by atoms with Crippen LogP contribution in [0.4, 0.5) is 15.9 Å². The van der Waals surface area contributed by atoms with Gasteiger partial charge in [0, 0.05) is 54.2 Å². The third-order valence-electron chi connectivity index (χ3n) is 8.48. The lowest BCUT2D eigenvalue weighted by Crippen LogP contribution is -2.48. The first-order chi connectivity index (χ1) is 21.9. The molecule has 2 aromatic carbocycles. The minimum Gasteiger partial charge on any atom is -0.490 e. The van der Waals surface area contributed by atoms with Gasteiger partial charge in [-0.05, 0) is 57.0 Å². The molecule has 5 heterocycles. The molecule has 0 spiro atoms. The van der Waals surface area contributed by atoms with E-state index in [1.54, 1.807) is 41.9 Å². The van der Waals surface area contributed by atoms with Gasteiger partial charge < -0.3 is 24.4 Å². The van der Waals surface area contributed by atoms with Gasteiger partial charge in [0.1, 0.15) is 36.1 Å². The number of pyridine rings is 1. The molecular formula is C33H32FN7O4. The fourth-order valence-corrected chi connectivity index (χ4v) is 6.38. The molecule has 7 rings (SSSR count). The molecular weight excluding hydrogens is 577 g/mol. The maximum Gasteiger partial charge on any atom is 0.246 e. The van der Waals surface area contributed by atoms with Crippen molar-refractivity contribution < 1.29 is 23.4 Å². The molecule has 1 N–H and O–H groups in total. The lowest BCUT2D eigenvalue weighted by Gasteiger charge is -2.38. The van der Waals surface area contributed by atoms with E-state index in [0.717, 1.165) is 25.7 Å². The molecule has 45 heavy (non-hydrogen) atoms. The van der Waals surface area contributed by atoms with Crippen LogP contribution in [0.2, 0.25) is 0 Å². The van der Waals surface area contributed by atoms with Crippen LogP contribution in [0.25, 0.3) is 16.6 Å². The highest BCUT2D eigenvalue weighted by Crippen LogP contribution is 2.41. The van der Waals surface area contributed by atoms with E-state index in [9.17, 15) is 4.79 Å². The predicted molar refractivity (Wildman–Crippen MR) is 166 cm³/mol. The third-order valence-corrected chi connectivity index (χ3v) is 8.48. The fourth-order valence-electron chi connectivity index (χ4n) is 6.38. The van der Waals surface area contributed by atoms with Crippen LogP contribution in [0.15, 0.2) is 67.9 Å². The lowest BCUT2D eigenvalue weighted by molar-refractivity contribution is -0.131. The summed E-state index contributed by atoms with van der Waals surface area (Å²) in [6.07, 6.45) is 9.26. The van der Waals surface area contributed by atoms with Gasteiger partial charge in [0.2, 0.25) is 5.91 Å². The summed E-state index contributed by atoms with van der Waals surface area (Å²) in [5.74, 6) is 1.94. The maximum atomic E-state index is 15.7. The monoisotopic (exact) mass is 609 g/mol. The number of anilines is 2. The summed E-state index contributed by atoms with van der Waals surface area (Å²) in [5, 5.41) is 7.88. The molecule has 5 aromatic rings. The molecule has 12 heteroatoms. The molecule has 1 amide bonds. The molecule has 3 atom stereocenters. The van der Waals surface area contributed by atoms with Crippen LogP contribution in [0, 0.1) is 12.7 Å². The number of carbonyl (C=O) groups is 1.